The SMILES string of the molecule is Cc1nn(C)cc1-c1ccnc(Nc2ccc3c(c2)N(C(C)C)[C@H](C)C(=O)N3C)n1. The van der Waals surface area contributed by atoms with Gasteiger partial charge in [-0.2, -0.15) is 5.10 Å². The third kappa shape index (κ3) is 3.38. The number of anilines is 4. The average molecular weight is 406 g/mol. The van der Waals surface area contributed by atoms with Crippen LogP contribution < -0.4 is 15.1 Å². The van der Waals surface area contributed by atoms with Gasteiger partial charge < -0.3 is 15.1 Å². The van der Waals surface area contributed by atoms with Crippen molar-refractivity contribution < 1.29 is 4.79 Å². The van der Waals surface area contributed by atoms with Gasteiger partial charge >= 0.3 is 0 Å². The molecule has 30 heavy (non-hydrogen) atoms. The average Bonchev–Trinajstić information content (AvgIpc) is 3.04. The number of nitrogens with one attached hydrogen (secondary N) is 1. The summed E-state index contributed by atoms with van der Waals surface area (Å²) in [6.45, 7) is 8.11. The van der Waals surface area contributed by atoms with E-state index in [9.17, 15) is 4.79 Å². The molecule has 0 aliphatic carbocycles. The summed E-state index contributed by atoms with van der Waals surface area (Å²) in [4.78, 5) is 25.5. The molecule has 3 aromatic rings. The molecule has 1 amide bonds. The van der Waals surface area contributed by atoms with Gasteiger partial charge in [0, 0.05) is 43.8 Å². The van der Waals surface area contributed by atoms with E-state index < -0.39 is 0 Å². The molecule has 8 nitrogen and oxygen atoms in total. The standard InChI is InChI=1S/C22H27N7O/c1-13(2)29-15(4)21(30)28(6)19-8-7-16(11-20(19)29)24-22-23-10-9-18(25-22)17-12-27(5)26-14(17)3/h7-13,15H,1-6H3,(H,23,24,25)/t15-/m1/s1. The maximum absolute atomic E-state index is 12.6. The van der Waals surface area contributed by atoms with E-state index >= 15 is 0 Å². The lowest BCUT2D eigenvalue weighted by Crippen LogP contribution is -2.53. The lowest BCUT2D eigenvalue weighted by molar-refractivity contribution is -0.119. The van der Waals surface area contributed by atoms with Crippen molar-refractivity contribution in [1.29, 1.82) is 0 Å². The van der Waals surface area contributed by atoms with Crippen LogP contribution in [0.25, 0.3) is 11.3 Å². The minimum atomic E-state index is -0.217. The van der Waals surface area contributed by atoms with Crippen LogP contribution in [-0.4, -0.2) is 44.8 Å². The highest BCUT2D eigenvalue weighted by atomic mass is 16.2. The number of benzene rings is 1. The number of hydrogen-bond donors (Lipinski definition) is 1. The second kappa shape index (κ2) is 7.44. The van der Waals surface area contributed by atoms with E-state index in [-0.39, 0.29) is 18.0 Å². The van der Waals surface area contributed by atoms with Gasteiger partial charge in [0.25, 0.3) is 0 Å². The Kier molecular flexibility index (Phi) is 4.93. The fraction of sp³-hybridized carbons (Fsp3) is 0.364. The maximum Gasteiger partial charge on any atom is 0.249 e. The van der Waals surface area contributed by atoms with Crippen molar-refractivity contribution in [3.63, 3.8) is 0 Å². The molecule has 0 bridgehead atoms. The fourth-order valence-corrected chi connectivity index (χ4v) is 4.09. The zero-order valence-corrected chi connectivity index (χ0v) is 18.2. The number of likely N-dealkylation sites (N-methyl/N-ethyl adjacent to an activating group) is 1. The van der Waals surface area contributed by atoms with Crippen LogP contribution in [0, 0.1) is 6.92 Å². The summed E-state index contributed by atoms with van der Waals surface area (Å²) in [5, 5.41) is 7.70. The molecular weight excluding hydrogens is 378 g/mol. The van der Waals surface area contributed by atoms with E-state index in [1.54, 1.807) is 15.8 Å². The molecule has 4 rings (SSSR count). The van der Waals surface area contributed by atoms with E-state index in [2.05, 4.69) is 45.2 Å². The maximum atomic E-state index is 12.6. The van der Waals surface area contributed by atoms with Crippen molar-refractivity contribution >= 4 is 28.9 Å². The van der Waals surface area contributed by atoms with Gasteiger partial charge in [-0.1, -0.05) is 0 Å². The van der Waals surface area contributed by atoms with E-state index in [1.165, 1.54) is 0 Å². The van der Waals surface area contributed by atoms with Crippen molar-refractivity contribution in [1.82, 2.24) is 19.7 Å². The first-order valence-electron chi connectivity index (χ1n) is 10.1. The van der Waals surface area contributed by atoms with Gasteiger partial charge in [-0.05, 0) is 52.0 Å². The van der Waals surface area contributed by atoms with Crippen LogP contribution in [0.2, 0.25) is 0 Å². The van der Waals surface area contributed by atoms with Gasteiger partial charge in [-0.3, -0.25) is 9.48 Å². The van der Waals surface area contributed by atoms with Crippen molar-refractivity contribution in [3.8, 4) is 11.3 Å². The minimum Gasteiger partial charge on any atom is -0.356 e. The molecule has 1 aliphatic heterocycles. The normalized spacial score (nSPS) is 16.2. The van der Waals surface area contributed by atoms with Gasteiger partial charge in [0.2, 0.25) is 11.9 Å². The second-order valence-corrected chi connectivity index (χ2v) is 7.97. The van der Waals surface area contributed by atoms with Crippen LogP contribution in [0.4, 0.5) is 23.0 Å². The number of amides is 1. The predicted octanol–water partition coefficient (Wildman–Crippen LogP) is 3.51. The van der Waals surface area contributed by atoms with E-state index in [0.29, 0.717) is 5.95 Å². The molecular formula is C22H27N7O. The molecule has 0 saturated carbocycles. The second-order valence-electron chi connectivity index (χ2n) is 7.97. The first-order valence-corrected chi connectivity index (χ1v) is 10.1. The predicted molar refractivity (Wildman–Crippen MR) is 119 cm³/mol. The summed E-state index contributed by atoms with van der Waals surface area (Å²) >= 11 is 0. The molecule has 1 N–H and O–H groups in total. The summed E-state index contributed by atoms with van der Waals surface area (Å²) in [7, 11) is 3.72. The van der Waals surface area contributed by atoms with Gasteiger partial charge in [-0.25, -0.2) is 9.97 Å². The fourth-order valence-electron chi connectivity index (χ4n) is 4.09. The number of rotatable bonds is 4. The Labute approximate surface area is 176 Å². The zero-order valence-electron chi connectivity index (χ0n) is 18.2. The zero-order chi connectivity index (χ0) is 21.6. The number of fused-ring (bicyclic) bond motifs is 1. The van der Waals surface area contributed by atoms with E-state index in [0.717, 1.165) is 34.0 Å². The number of hydrogen-bond acceptors (Lipinski definition) is 6. The summed E-state index contributed by atoms with van der Waals surface area (Å²) in [5.74, 6) is 0.611. The Morgan fingerprint density at radius 1 is 1.13 bits per heavy atom. The largest absolute Gasteiger partial charge is 0.356 e. The molecule has 1 aromatic carbocycles. The van der Waals surface area contributed by atoms with Crippen LogP contribution in [0.15, 0.2) is 36.7 Å². The first kappa shape index (κ1) is 19.9. The Balaban J connectivity index is 1.68. The molecule has 2 aromatic heterocycles. The molecule has 1 aliphatic rings. The number of carbonyl (C=O) groups is 1. The van der Waals surface area contributed by atoms with Gasteiger partial charge in [0.1, 0.15) is 6.04 Å². The molecule has 0 saturated heterocycles. The number of carbonyl (C=O) groups excluding carboxylic acids is 1. The van der Waals surface area contributed by atoms with Crippen LogP contribution in [0.1, 0.15) is 26.5 Å². The summed E-state index contributed by atoms with van der Waals surface area (Å²) in [6.07, 6.45) is 3.69. The highest BCUT2D eigenvalue weighted by molar-refractivity contribution is 6.05. The highest BCUT2D eigenvalue weighted by Crippen LogP contribution is 2.39. The van der Waals surface area contributed by atoms with E-state index in [1.807, 2.05) is 52.3 Å². The van der Waals surface area contributed by atoms with Crippen LogP contribution in [-0.2, 0) is 11.8 Å². The Bertz CT molecular complexity index is 1100. The minimum absolute atomic E-state index is 0.0970. The monoisotopic (exact) mass is 405 g/mol. The Morgan fingerprint density at radius 3 is 2.57 bits per heavy atom. The molecule has 1 atom stereocenters. The highest BCUT2D eigenvalue weighted by Gasteiger charge is 2.34. The smallest absolute Gasteiger partial charge is 0.249 e. The number of aromatic nitrogens is 4. The first-order chi connectivity index (χ1) is 14.3. The molecule has 0 fully saturated rings. The molecule has 156 valence electrons. The van der Waals surface area contributed by atoms with E-state index in [4.69, 9.17) is 0 Å². The topological polar surface area (TPSA) is 79.2 Å². The summed E-state index contributed by atoms with van der Waals surface area (Å²) in [6, 6.07) is 7.82. The van der Waals surface area contributed by atoms with Crippen LogP contribution in [0.3, 0.4) is 0 Å². The van der Waals surface area contributed by atoms with Crippen molar-refractivity contribution in [2.45, 2.75) is 39.8 Å². The molecule has 0 unspecified atom stereocenters. The van der Waals surface area contributed by atoms with Crippen LogP contribution >= 0.6 is 0 Å². The molecule has 0 spiro atoms. The lowest BCUT2D eigenvalue weighted by atomic mass is 10.0. The number of aryl methyl sites for hydroxylation is 2. The van der Waals surface area contributed by atoms with Gasteiger partial charge in [-0.15, -0.1) is 0 Å². The van der Waals surface area contributed by atoms with Crippen LogP contribution in [0.5, 0.6) is 0 Å². The third-order valence-corrected chi connectivity index (χ3v) is 5.48. The number of nitrogens with zero attached hydrogens (tertiary/aromatic N) is 6. The van der Waals surface area contributed by atoms with Gasteiger partial charge in [0.15, 0.2) is 0 Å². The van der Waals surface area contributed by atoms with Gasteiger partial charge in [0.05, 0.1) is 22.8 Å². The molecule has 8 heteroatoms. The molecule has 0 radical (unpaired) electrons. The van der Waals surface area contributed by atoms with Crippen molar-refractivity contribution in [3.05, 3.63) is 42.4 Å². The Morgan fingerprint density at radius 2 is 1.90 bits per heavy atom. The Hall–Kier alpha value is -3.42. The van der Waals surface area contributed by atoms with Crippen molar-refractivity contribution in [2.75, 3.05) is 22.2 Å². The third-order valence-electron chi connectivity index (χ3n) is 5.48. The van der Waals surface area contributed by atoms with Crippen molar-refractivity contribution in [2.24, 2.45) is 7.05 Å². The quantitative estimate of drug-likeness (QED) is 0.716. The molecule has 3 heterocycles. The lowest BCUT2D eigenvalue weighted by Gasteiger charge is -2.42. The summed E-state index contributed by atoms with van der Waals surface area (Å²) < 4.78 is 1.78. The summed E-state index contributed by atoms with van der Waals surface area (Å²) in [5.41, 5.74) is 5.51.